The van der Waals surface area contributed by atoms with Crippen molar-refractivity contribution in [2.24, 2.45) is 0 Å². The van der Waals surface area contributed by atoms with E-state index in [1.807, 2.05) is 0 Å². The first-order valence-electron chi connectivity index (χ1n) is 9.65. The molecule has 2 heterocycles. The number of H-pyrrole nitrogens is 1. The summed E-state index contributed by atoms with van der Waals surface area (Å²) in [5, 5.41) is 6.09. The number of carbonyl (C=O) groups excluding carboxylic acids is 2. The van der Waals surface area contributed by atoms with E-state index in [4.69, 9.17) is 4.74 Å². The zero-order valence-electron chi connectivity index (χ0n) is 16.8. The van der Waals surface area contributed by atoms with E-state index in [2.05, 4.69) is 10.2 Å². The van der Waals surface area contributed by atoms with Crippen LogP contribution in [-0.2, 0) is 4.79 Å². The number of nitrogens with one attached hydrogen (secondary N) is 1. The Balaban J connectivity index is 1.70. The van der Waals surface area contributed by atoms with E-state index in [0.29, 0.717) is 6.07 Å². The van der Waals surface area contributed by atoms with Crippen molar-refractivity contribution in [3.63, 3.8) is 0 Å². The minimum Gasteiger partial charge on any atom is -0.431 e. The fourth-order valence-corrected chi connectivity index (χ4v) is 3.48. The van der Waals surface area contributed by atoms with Crippen molar-refractivity contribution in [1.82, 2.24) is 20.0 Å². The Morgan fingerprint density at radius 1 is 1.00 bits per heavy atom. The van der Waals surface area contributed by atoms with E-state index in [-0.39, 0.29) is 48.7 Å². The highest BCUT2D eigenvalue weighted by atomic mass is 19.2. The Hall–Kier alpha value is -3.89. The molecule has 1 saturated heterocycles. The van der Waals surface area contributed by atoms with Crippen molar-refractivity contribution in [3.05, 3.63) is 63.7 Å². The van der Waals surface area contributed by atoms with Crippen molar-refractivity contribution in [2.45, 2.75) is 6.92 Å². The van der Waals surface area contributed by atoms with Gasteiger partial charge >= 0.3 is 0 Å². The van der Waals surface area contributed by atoms with Gasteiger partial charge in [0.05, 0.1) is 16.3 Å². The molecule has 0 saturated carbocycles. The Labute approximate surface area is 179 Å². The van der Waals surface area contributed by atoms with E-state index in [9.17, 15) is 23.2 Å². The zero-order valence-corrected chi connectivity index (χ0v) is 16.8. The summed E-state index contributed by atoms with van der Waals surface area (Å²) >= 11 is 0. The van der Waals surface area contributed by atoms with Crippen molar-refractivity contribution in [2.75, 3.05) is 26.2 Å². The molecule has 8 nitrogen and oxygen atoms in total. The minimum atomic E-state index is -1.64. The molecule has 1 N–H and O–H groups in total. The second-order valence-corrected chi connectivity index (χ2v) is 7.17. The highest BCUT2D eigenvalue weighted by Crippen LogP contribution is 2.33. The molecule has 11 heteroatoms. The molecule has 2 aromatic carbocycles. The van der Waals surface area contributed by atoms with Crippen LogP contribution < -0.4 is 10.3 Å². The number of halogens is 3. The van der Waals surface area contributed by atoms with Crippen LogP contribution in [-0.4, -0.2) is 58.0 Å². The van der Waals surface area contributed by atoms with Gasteiger partial charge in [-0.1, -0.05) is 12.1 Å². The molecule has 1 aliphatic rings. The summed E-state index contributed by atoms with van der Waals surface area (Å²) in [7, 11) is 0. The van der Waals surface area contributed by atoms with E-state index in [1.165, 1.54) is 28.9 Å². The zero-order chi connectivity index (χ0) is 23.0. The van der Waals surface area contributed by atoms with Gasteiger partial charge in [-0.3, -0.25) is 14.4 Å². The average Bonchev–Trinajstić information content (AvgIpc) is 2.80. The maximum absolute atomic E-state index is 15.1. The number of ether oxygens (including phenoxy) is 1. The summed E-state index contributed by atoms with van der Waals surface area (Å²) < 4.78 is 49.1. The number of piperazine rings is 1. The standard InChI is InChI=1S/C21H17F3N4O4/c1-11(29)27-6-8-28(9-7-27)21(31)14-10-15(22)17(24)18(16(14)23)32-20-13-5-3-2-4-12(13)19(30)25-26-20/h2-5,10H,6-9H2,1H3,(H,25,30). The third-order valence-corrected chi connectivity index (χ3v) is 5.22. The lowest BCUT2D eigenvalue weighted by atomic mass is 10.1. The lowest BCUT2D eigenvalue weighted by Gasteiger charge is -2.34. The number of carbonyl (C=O) groups is 2. The predicted octanol–water partition coefficient (Wildman–Crippen LogP) is 2.44. The first kappa shape index (κ1) is 21.3. The lowest BCUT2D eigenvalue weighted by molar-refractivity contribution is -0.130. The number of nitrogens with zero attached hydrogens (tertiary/aromatic N) is 3. The van der Waals surface area contributed by atoms with E-state index in [0.717, 1.165) is 0 Å². The van der Waals surface area contributed by atoms with Gasteiger partial charge in [-0.2, -0.15) is 4.39 Å². The topological polar surface area (TPSA) is 95.6 Å². The van der Waals surface area contributed by atoms with Gasteiger partial charge in [0.15, 0.2) is 11.6 Å². The van der Waals surface area contributed by atoms with Crippen LogP contribution in [0.4, 0.5) is 13.2 Å². The molecular weight excluding hydrogens is 429 g/mol. The second kappa shape index (κ2) is 8.33. The summed E-state index contributed by atoms with van der Waals surface area (Å²) in [4.78, 5) is 38.9. The van der Waals surface area contributed by atoms with Crippen molar-refractivity contribution in [1.29, 1.82) is 0 Å². The molecule has 166 valence electrons. The monoisotopic (exact) mass is 446 g/mol. The third-order valence-electron chi connectivity index (χ3n) is 5.22. The molecule has 1 fully saturated rings. The Morgan fingerprint density at radius 2 is 1.62 bits per heavy atom. The first-order chi connectivity index (χ1) is 15.3. The average molecular weight is 446 g/mol. The van der Waals surface area contributed by atoms with Gasteiger partial charge in [0, 0.05) is 33.1 Å². The maximum atomic E-state index is 15.1. The largest absolute Gasteiger partial charge is 0.431 e. The normalized spacial score (nSPS) is 14.0. The van der Waals surface area contributed by atoms with Gasteiger partial charge in [0.25, 0.3) is 11.5 Å². The Morgan fingerprint density at radius 3 is 2.28 bits per heavy atom. The van der Waals surface area contributed by atoms with E-state index >= 15 is 4.39 Å². The quantitative estimate of drug-likeness (QED) is 0.624. The third kappa shape index (κ3) is 3.77. The lowest BCUT2D eigenvalue weighted by Crippen LogP contribution is -2.50. The summed E-state index contributed by atoms with van der Waals surface area (Å²) in [5.41, 5.74) is -1.27. The van der Waals surface area contributed by atoms with Crippen LogP contribution in [0.2, 0.25) is 0 Å². The van der Waals surface area contributed by atoms with Crippen LogP contribution in [0, 0.1) is 17.5 Å². The van der Waals surface area contributed by atoms with Crippen LogP contribution in [0.15, 0.2) is 35.1 Å². The Kier molecular flexibility index (Phi) is 5.56. The summed E-state index contributed by atoms with van der Waals surface area (Å²) in [5.74, 6) is -7.07. The second-order valence-electron chi connectivity index (χ2n) is 7.17. The molecule has 1 aliphatic heterocycles. The predicted molar refractivity (Wildman–Crippen MR) is 107 cm³/mol. The van der Waals surface area contributed by atoms with Gasteiger partial charge in [-0.15, -0.1) is 5.10 Å². The van der Waals surface area contributed by atoms with Crippen LogP contribution in [0.5, 0.6) is 11.6 Å². The SMILES string of the molecule is CC(=O)N1CCN(C(=O)c2cc(F)c(F)c(Oc3n[nH]c(=O)c4ccccc34)c2F)CC1. The van der Waals surface area contributed by atoms with Gasteiger partial charge in [-0.05, 0) is 18.2 Å². The fraction of sp³-hybridized carbons (Fsp3) is 0.238. The number of fused-ring (bicyclic) bond motifs is 1. The number of benzene rings is 2. The van der Waals surface area contributed by atoms with Gasteiger partial charge in [0.2, 0.25) is 23.4 Å². The molecule has 0 atom stereocenters. The molecule has 0 spiro atoms. The fourth-order valence-electron chi connectivity index (χ4n) is 3.48. The summed E-state index contributed by atoms with van der Waals surface area (Å²) in [6.07, 6.45) is 0. The van der Waals surface area contributed by atoms with Crippen LogP contribution in [0.25, 0.3) is 10.8 Å². The molecule has 0 unspecified atom stereocenters. The number of amides is 2. The van der Waals surface area contributed by atoms with E-state index < -0.39 is 40.2 Å². The van der Waals surface area contributed by atoms with Crippen LogP contribution in [0.1, 0.15) is 17.3 Å². The number of hydrogen-bond donors (Lipinski definition) is 1. The summed E-state index contributed by atoms with van der Waals surface area (Å²) in [6, 6.07) is 6.51. The molecule has 1 aromatic heterocycles. The Bertz CT molecular complexity index is 1290. The van der Waals surface area contributed by atoms with E-state index in [1.54, 1.807) is 12.1 Å². The maximum Gasteiger partial charge on any atom is 0.272 e. The molecule has 4 rings (SSSR count). The number of rotatable bonds is 3. The number of aromatic nitrogens is 2. The molecule has 2 amide bonds. The van der Waals surface area contributed by atoms with Crippen LogP contribution >= 0.6 is 0 Å². The van der Waals surface area contributed by atoms with Gasteiger partial charge < -0.3 is 14.5 Å². The van der Waals surface area contributed by atoms with Crippen molar-refractivity contribution in [3.8, 4) is 11.6 Å². The minimum absolute atomic E-state index is 0.110. The van der Waals surface area contributed by atoms with Gasteiger partial charge in [-0.25, -0.2) is 13.9 Å². The highest BCUT2D eigenvalue weighted by molar-refractivity contribution is 5.95. The molecule has 0 radical (unpaired) electrons. The highest BCUT2D eigenvalue weighted by Gasteiger charge is 2.30. The van der Waals surface area contributed by atoms with Gasteiger partial charge in [0.1, 0.15) is 0 Å². The van der Waals surface area contributed by atoms with Crippen molar-refractivity contribution >= 4 is 22.6 Å². The number of aromatic amines is 1. The van der Waals surface area contributed by atoms with Crippen LogP contribution in [0.3, 0.4) is 0 Å². The summed E-state index contributed by atoms with van der Waals surface area (Å²) in [6.45, 7) is 2.09. The molecule has 32 heavy (non-hydrogen) atoms. The first-order valence-corrected chi connectivity index (χ1v) is 9.65. The molecule has 0 aliphatic carbocycles. The molecule has 3 aromatic rings. The molecule has 0 bridgehead atoms. The number of hydrogen-bond acceptors (Lipinski definition) is 5. The molecular formula is C21H17F3N4O4. The van der Waals surface area contributed by atoms with Crippen molar-refractivity contribution < 1.29 is 27.5 Å². The smallest absolute Gasteiger partial charge is 0.272 e.